The van der Waals surface area contributed by atoms with Gasteiger partial charge in [0.1, 0.15) is 11.5 Å². The lowest BCUT2D eigenvalue weighted by atomic mass is 10.1. The van der Waals surface area contributed by atoms with E-state index in [4.69, 9.17) is 32.7 Å². The normalized spacial score (nSPS) is 15.0. The van der Waals surface area contributed by atoms with Crippen LogP contribution >= 0.6 is 23.2 Å². The maximum Gasteiger partial charge on any atom is 0.263 e. The van der Waals surface area contributed by atoms with Crippen LogP contribution in [0.2, 0.25) is 10.0 Å². The van der Waals surface area contributed by atoms with Crippen LogP contribution in [0.3, 0.4) is 0 Å². The van der Waals surface area contributed by atoms with Crippen molar-refractivity contribution in [3.63, 3.8) is 0 Å². The molecule has 1 saturated heterocycles. The number of benzene rings is 2. The van der Waals surface area contributed by atoms with E-state index in [1.165, 1.54) is 0 Å². The molecule has 1 unspecified atom stereocenters. The Morgan fingerprint density at radius 3 is 2.14 bits per heavy atom. The molecule has 2 aromatic rings. The number of rotatable bonds is 5. The fourth-order valence-electron chi connectivity index (χ4n) is 3.14. The Hall–Kier alpha value is -2.44. The van der Waals surface area contributed by atoms with Crippen molar-refractivity contribution >= 4 is 35.0 Å². The van der Waals surface area contributed by atoms with Crippen LogP contribution in [0.15, 0.2) is 42.5 Å². The largest absolute Gasteiger partial charge is 0.497 e. The van der Waals surface area contributed by atoms with Crippen LogP contribution in [0.4, 0.5) is 0 Å². The number of piperazine rings is 1. The van der Waals surface area contributed by atoms with E-state index in [2.05, 4.69) is 0 Å². The summed E-state index contributed by atoms with van der Waals surface area (Å²) in [5.74, 6) is 1.01. The highest BCUT2D eigenvalue weighted by atomic mass is 35.5. The Bertz CT molecular complexity index is 881. The van der Waals surface area contributed by atoms with Crippen molar-refractivity contribution in [1.82, 2.24) is 9.80 Å². The molecule has 0 spiro atoms. The minimum Gasteiger partial charge on any atom is -0.497 e. The first kappa shape index (κ1) is 21.3. The van der Waals surface area contributed by atoms with Gasteiger partial charge >= 0.3 is 0 Å². The second kappa shape index (κ2) is 9.37. The Morgan fingerprint density at radius 1 is 0.931 bits per heavy atom. The zero-order valence-corrected chi connectivity index (χ0v) is 17.7. The molecule has 1 fully saturated rings. The third-order valence-corrected chi connectivity index (χ3v) is 5.60. The molecule has 1 atom stereocenters. The minimum atomic E-state index is -0.631. The zero-order valence-electron chi connectivity index (χ0n) is 16.2. The fraction of sp³-hybridized carbons (Fsp3) is 0.333. The van der Waals surface area contributed by atoms with E-state index < -0.39 is 6.10 Å². The van der Waals surface area contributed by atoms with Crippen molar-refractivity contribution in [2.24, 2.45) is 0 Å². The number of nitrogens with zero attached hydrogens (tertiary/aromatic N) is 2. The summed E-state index contributed by atoms with van der Waals surface area (Å²) in [5, 5.41) is 0.593. The summed E-state index contributed by atoms with van der Waals surface area (Å²) in [4.78, 5) is 28.8. The summed E-state index contributed by atoms with van der Waals surface area (Å²) in [6.07, 6.45) is -0.631. The molecule has 3 rings (SSSR count). The highest BCUT2D eigenvalue weighted by Gasteiger charge is 2.29. The van der Waals surface area contributed by atoms with Crippen molar-refractivity contribution in [1.29, 1.82) is 0 Å². The molecule has 1 aliphatic rings. The van der Waals surface area contributed by atoms with Gasteiger partial charge in [0.15, 0.2) is 6.10 Å². The van der Waals surface area contributed by atoms with Gasteiger partial charge in [-0.3, -0.25) is 9.59 Å². The second-order valence-electron chi connectivity index (χ2n) is 6.65. The fourth-order valence-corrected chi connectivity index (χ4v) is 3.52. The lowest BCUT2D eigenvalue weighted by Crippen LogP contribution is -2.53. The van der Waals surface area contributed by atoms with Crippen LogP contribution in [-0.2, 0) is 4.79 Å². The van der Waals surface area contributed by atoms with Crippen molar-refractivity contribution in [2.45, 2.75) is 13.0 Å². The highest BCUT2D eigenvalue weighted by Crippen LogP contribution is 2.27. The number of hydrogen-bond acceptors (Lipinski definition) is 4. The van der Waals surface area contributed by atoms with Gasteiger partial charge in [0, 0.05) is 26.2 Å². The van der Waals surface area contributed by atoms with E-state index in [1.54, 1.807) is 66.3 Å². The van der Waals surface area contributed by atoms with Gasteiger partial charge in [-0.25, -0.2) is 0 Å². The lowest BCUT2D eigenvalue weighted by molar-refractivity contribution is -0.139. The predicted octanol–water partition coefficient (Wildman–Crippen LogP) is 3.75. The van der Waals surface area contributed by atoms with Crippen LogP contribution in [0, 0.1) is 0 Å². The summed E-state index contributed by atoms with van der Waals surface area (Å²) in [5.41, 5.74) is 0.371. The van der Waals surface area contributed by atoms with Gasteiger partial charge in [0.25, 0.3) is 11.8 Å². The highest BCUT2D eigenvalue weighted by molar-refractivity contribution is 6.43. The van der Waals surface area contributed by atoms with Gasteiger partial charge in [-0.15, -0.1) is 0 Å². The number of amides is 2. The standard InChI is InChI=1S/C21H22Cl2N2O4/c1-14(29-16-8-6-15(28-2)7-9-16)20(26)24-10-12-25(13-11-24)21(27)17-4-3-5-18(22)19(17)23/h3-9,14H,10-13H2,1-2H3. The number of ether oxygens (including phenoxy) is 2. The van der Waals surface area contributed by atoms with Gasteiger partial charge in [0.2, 0.25) is 0 Å². The molecule has 0 saturated carbocycles. The van der Waals surface area contributed by atoms with Crippen LogP contribution in [-0.4, -0.2) is 61.0 Å². The first-order valence-electron chi connectivity index (χ1n) is 9.23. The van der Waals surface area contributed by atoms with E-state index >= 15 is 0 Å². The number of carbonyl (C=O) groups is 2. The van der Waals surface area contributed by atoms with Gasteiger partial charge in [-0.05, 0) is 43.3 Å². The van der Waals surface area contributed by atoms with Crippen LogP contribution in [0.5, 0.6) is 11.5 Å². The molecule has 2 aromatic carbocycles. The Labute approximate surface area is 179 Å². The number of methoxy groups -OCH3 is 1. The molecule has 0 aliphatic carbocycles. The molecule has 29 heavy (non-hydrogen) atoms. The molecule has 0 N–H and O–H groups in total. The molecule has 154 valence electrons. The molecule has 1 heterocycles. The topological polar surface area (TPSA) is 59.1 Å². The van der Waals surface area contributed by atoms with Crippen molar-refractivity contribution < 1.29 is 19.1 Å². The van der Waals surface area contributed by atoms with Crippen LogP contribution in [0.1, 0.15) is 17.3 Å². The van der Waals surface area contributed by atoms with Crippen LogP contribution in [0.25, 0.3) is 0 Å². The third kappa shape index (κ3) is 4.95. The summed E-state index contributed by atoms with van der Waals surface area (Å²) < 4.78 is 10.9. The number of hydrogen-bond donors (Lipinski definition) is 0. The third-order valence-electron chi connectivity index (χ3n) is 4.78. The lowest BCUT2D eigenvalue weighted by Gasteiger charge is -2.36. The van der Waals surface area contributed by atoms with E-state index in [-0.39, 0.29) is 16.8 Å². The molecule has 8 heteroatoms. The summed E-state index contributed by atoms with van der Waals surface area (Å²) in [6, 6.07) is 12.1. The summed E-state index contributed by atoms with van der Waals surface area (Å²) >= 11 is 12.2. The van der Waals surface area contributed by atoms with E-state index in [9.17, 15) is 9.59 Å². The average Bonchev–Trinajstić information content (AvgIpc) is 2.75. The first-order valence-corrected chi connectivity index (χ1v) is 9.99. The predicted molar refractivity (Wildman–Crippen MR) is 112 cm³/mol. The maximum atomic E-state index is 12.7. The van der Waals surface area contributed by atoms with Crippen LogP contribution < -0.4 is 9.47 Å². The van der Waals surface area contributed by atoms with E-state index in [1.807, 2.05) is 0 Å². The summed E-state index contributed by atoms with van der Waals surface area (Å²) in [7, 11) is 1.59. The number of carbonyl (C=O) groups excluding carboxylic acids is 2. The van der Waals surface area contributed by atoms with Gasteiger partial charge in [-0.1, -0.05) is 29.3 Å². The first-order chi connectivity index (χ1) is 13.9. The van der Waals surface area contributed by atoms with Gasteiger partial charge < -0.3 is 19.3 Å². The molecular weight excluding hydrogens is 415 g/mol. The maximum absolute atomic E-state index is 12.7. The van der Waals surface area contributed by atoms with Crippen molar-refractivity contribution in [3.05, 3.63) is 58.1 Å². The molecular formula is C21H22Cl2N2O4. The SMILES string of the molecule is COc1ccc(OC(C)C(=O)N2CCN(C(=O)c3cccc(Cl)c3Cl)CC2)cc1. The molecule has 0 radical (unpaired) electrons. The quantitative estimate of drug-likeness (QED) is 0.715. The smallest absolute Gasteiger partial charge is 0.263 e. The molecule has 0 aromatic heterocycles. The average molecular weight is 437 g/mol. The van der Waals surface area contributed by atoms with Gasteiger partial charge in [-0.2, -0.15) is 0 Å². The summed E-state index contributed by atoms with van der Waals surface area (Å²) in [6.45, 7) is 3.42. The number of halogens is 2. The Kier molecular flexibility index (Phi) is 6.87. The van der Waals surface area contributed by atoms with Crippen molar-refractivity contribution in [2.75, 3.05) is 33.3 Å². The molecule has 0 bridgehead atoms. The van der Waals surface area contributed by atoms with E-state index in [0.717, 1.165) is 5.75 Å². The second-order valence-corrected chi connectivity index (χ2v) is 7.44. The minimum absolute atomic E-state index is 0.117. The zero-order chi connectivity index (χ0) is 21.0. The van der Waals surface area contributed by atoms with E-state index in [0.29, 0.717) is 42.5 Å². The molecule has 6 nitrogen and oxygen atoms in total. The molecule has 2 amide bonds. The monoisotopic (exact) mass is 436 g/mol. The molecule has 1 aliphatic heterocycles. The van der Waals surface area contributed by atoms with Crippen molar-refractivity contribution in [3.8, 4) is 11.5 Å². The van der Waals surface area contributed by atoms with Gasteiger partial charge in [0.05, 0.1) is 22.7 Å². The Morgan fingerprint density at radius 2 is 1.52 bits per heavy atom. The Balaban J connectivity index is 1.55.